The van der Waals surface area contributed by atoms with Gasteiger partial charge in [0.2, 0.25) is 0 Å². The van der Waals surface area contributed by atoms with Crippen LogP contribution in [0.1, 0.15) is 239 Å². The summed E-state index contributed by atoms with van der Waals surface area (Å²) in [5.41, 5.74) is 0. The second-order valence-electron chi connectivity index (χ2n) is 17.1. The summed E-state index contributed by atoms with van der Waals surface area (Å²) in [7, 11) is -0.251. The molecule has 0 saturated heterocycles. The van der Waals surface area contributed by atoms with Crippen molar-refractivity contribution in [3.05, 3.63) is 0 Å². The van der Waals surface area contributed by atoms with E-state index in [9.17, 15) is 13.8 Å². The van der Waals surface area contributed by atoms with Gasteiger partial charge in [-0.1, -0.05) is 162 Å². The van der Waals surface area contributed by atoms with Crippen LogP contribution >= 0.6 is 0 Å². The number of carbonyl (C=O) groups is 2. The van der Waals surface area contributed by atoms with Crippen molar-refractivity contribution in [2.24, 2.45) is 0 Å². The fourth-order valence-corrected chi connectivity index (χ4v) is 7.96. The summed E-state index contributed by atoms with van der Waals surface area (Å²) in [6.45, 7) is 11.3. The van der Waals surface area contributed by atoms with Gasteiger partial charge in [0.25, 0.3) is 0 Å². The molecule has 0 rings (SSSR count). The minimum atomic E-state index is -2.16. The molecule has 0 aliphatic heterocycles. The van der Waals surface area contributed by atoms with Gasteiger partial charge >= 0.3 is 11.9 Å². The molecule has 0 radical (unpaired) electrons. The van der Waals surface area contributed by atoms with Gasteiger partial charge in [0, 0.05) is 35.3 Å². The molecule has 0 aromatic heterocycles. The molecule has 334 valence electrons. The lowest BCUT2D eigenvalue weighted by Gasteiger charge is -2.24. The summed E-state index contributed by atoms with van der Waals surface area (Å²) in [5, 5.41) is 0. The second kappa shape index (κ2) is 40.7. The molecule has 0 saturated carbocycles. The molecule has 0 bridgehead atoms. The van der Waals surface area contributed by atoms with Crippen molar-refractivity contribution in [3.8, 4) is 0 Å². The monoisotopic (exact) mass is 813 g/mol. The van der Waals surface area contributed by atoms with Gasteiger partial charge in [0.05, 0.1) is 6.61 Å². The summed E-state index contributed by atoms with van der Waals surface area (Å²) in [6.07, 6.45) is 41.0. The molecule has 7 nitrogen and oxygen atoms in total. The van der Waals surface area contributed by atoms with Crippen LogP contribution in [0.4, 0.5) is 0 Å². The van der Waals surface area contributed by atoms with Crippen LogP contribution in [0.5, 0.6) is 0 Å². The van der Waals surface area contributed by atoms with Gasteiger partial charge in [0.1, 0.15) is 6.10 Å². The van der Waals surface area contributed by atoms with Gasteiger partial charge in [-0.25, -0.2) is 4.31 Å². The Bertz CT molecular complexity index is 959. The zero-order valence-electron chi connectivity index (χ0n) is 38.2. The van der Waals surface area contributed by atoms with Crippen LogP contribution in [-0.4, -0.2) is 83.4 Å². The number of hydrogen-bond donors (Lipinski definition) is 0. The van der Waals surface area contributed by atoms with Gasteiger partial charge in [0.15, 0.2) is 0 Å². The van der Waals surface area contributed by atoms with Gasteiger partial charge in [-0.3, -0.25) is 13.8 Å². The highest BCUT2D eigenvalue weighted by Crippen LogP contribution is 2.19. The first-order chi connectivity index (χ1) is 27.1. The quantitative estimate of drug-likeness (QED) is 0.0346. The second-order valence-corrected chi connectivity index (χ2v) is 19.7. The van der Waals surface area contributed by atoms with Crippen molar-refractivity contribution >= 4 is 27.5 Å². The van der Waals surface area contributed by atoms with E-state index in [0.717, 1.165) is 96.8 Å². The third-order valence-electron chi connectivity index (χ3n) is 11.4. The molecule has 1 atom stereocenters. The maximum Gasteiger partial charge on any atom is 0.306 e. The number of nitrogens with zero attached hydrogens (tertiary/aromatic N) is 2. The maximum absolute atomic E-state index is 12.8. The Kier molecular flexibility index (Phi) is 39.8. The van der Waals surface area contributed by atoms with Crippen LogP contribution in [0.25, 0.3) is 0 Å². The van der Waals surface area contributed by atoms with Crippen molar-refractivity contribution in [2.45, 2.75) is 245 Å². The molecule has 0 spiro atoms. The molecule has 0 N–H and O–H groups in total. The Balaban J connectivity index is 4.39. The van der Waals surface area contributed by atoms with E-state index in [1.165, 1.54) is 135 Å². The summed E-state index contributed by atoms with van der Waals surface area (Å²) in [6, 6.07) is 0. The summed E-state index contributed by atoms with van der Waals surface area (Å²) in [5.74, 6) is 3.82. The Hall–Kier alpha value is -1.12. The standard InChI is InChI=1S/C48H96N2O5S/c1-7-10-13-16-19-28-35-45-54-47(51)39-31-24-20-26-33-42-50(44-36-41-49(4)56(5,6)53)43-34-27-21-25-32-40-48(52)55-46(37-29-22-17-14-11-8-2)38-30-23-18-15-12-9-3/h46H,5,7-45H2,1-4,6H3. The van der Waals surface area contributed by atoms with Crippen LogP contribution in [0.2, 0.25) is 0 Å². The minimum Gasteiger partial charge on any atom is -0.466 e. The van der Waals surface area contributed by atoms with E-state index in [-0.39, 0.29) is 18.0 Å². The Morgan fingerprint density at radius 3 is 1.34 bits per heavy atom. The summed E-state index contributed by atoms with van der Waals surface area (Å²) < 4.78 is 25.7. The van der Waals surface area contributed by atoms with E-state index < -0.39 is 9.71 Å². The van der Waals surface area contributed by atoms with E-state index >= 15 is 0 Å². The predicted molar refractivity (Wildman–Crippen MR) is 245 cm³/mol. The fraction of sp³-hybridized carbons (Fsp3) is 0.938. The van der Waals surface area contributed by atoms with Gasteiger partial charge in [-0.15, -0.1) is 0 Å². The number of unbranched alkanes of at least 4 members (excludes halogenated alkanes) is 24. The van der Waals surface area contributed by atoms with Crippen LogP contribution in [0.3, 0.4) is 0 Å². The maximum atomic E-state index is 12.8. The first-order valence-corrected chi connectivity index (χ1v) is 26.3. The lowest BCUT2D eigenvalue weighted by Crippen LogP contribution is -2.32. The van der Waals surface area contributed by atoms with Crippen LogP contribution in [0, 0.1) is 0 Å². The number of carbonyl (C=O) groups excluding carboxylic acids is 2. The highest BCUT2D eigenvalue weighted by molar-refractivity contribution is 7.97. The minimum absolute atomic E-state index is 0.0140. The molecule has 8 heteroatoms. The Morgan fingerprint density at radius 1 is 0.500 bits per heavy atom. The topological polar surface area (TPSA) is 76.2 Å². The van der Waals surface area contributed by atoms with Gasteiger partial charge in [-0.05, 0) is 96.8 Å². The molecular weight excluding hydrogens is 717 g/mol. The predicted octanol–water partition coefficient (Wildman–Crippen LogP) is 13.3. The molecule has 0 aromatic rings. The molecule has 0 amide bonds. The number of hydrogen-bond acceptors (Lipinski definition) is 6. The molecular formula is C48H96N2O5S. The van der Waals surface area contributed by atoms with E-state index in [2.05, 4.69) is 31.5 Å². The molecule has 0 aliphatic carbocycles. The Labute approximate surface area is 350 Å². The summed E-state index contributed by atoms with van der Waals surface area (Å²) >= 11 is 0. The first kappa shape index (κ1) is 54.9. The van der Waals surface area contributed by atoms with Crippen molar-refractivity contribution in [2.75, 3.05) is 46.1 Å². The van der Waals surface area contributed by atoms with E-state index in [4.69, 9.17) is 9.47 Å². The smallest absolute Gasteiger partial charge is 0.306 e. The van der Waals surface area contributed by atoms with Crippen LogP contribution in [0.15, 0.2) is 0 Å². The average molecular weight is 813 g/mol. The van der Waals surface area contributed by atoms with E-state index in [0.29, 0.717) is 19.4 Å². The van der Waals surface area contributed by atoms with E-state index in [1.54, 1.807) is 6.26 Å². The third-order valence-corrected chi connectivity index (χ3v) is 12.9. The van der Waals surface area contributed by atoms with Crippen molar-refractivity contribution in [1.82, 2.24) is 9.21 Å². The fourth-order valence-electron chi connectivity index (χ4n) is 7.44. The molecule has 0 heterocycles. The zero-order chi connectivity index (χ0) is 41.4. The molecule has 1 unspecified atom stereocenters. The molecule has 0 fully saturated rings. The average Bonchev–Trinajstić information content (AvgIpc) is 3.16. The van der Waals surface area contributed by atoms with Crippen LogP contribution < -0.4 is 0 Å². The number of rotatable bonds is 44. The van der Waals surface area contributed by atoms with Crippen molar-refractivity contribution in [3.63, 3.8) is 0 Å². The van der Waals surface area contributed by atoms with Crippen molar-refractivity contribution < 1.29 is 23.3 Å². The molecule has 56 heavy (non-hydrogen) atoms. The number of ether oxygens (including phenoxy) is 2. The summed E-state index contributed by atoms with van der Waals surface area (Å²) in [4.78, 5) is 27.5. The van der Waals surface area contributed by atoms with E-state index in [1.807, 2.05) is 11.4 Å². The number of esters is 2. The highest BCUT2D eigenvalue weighted by atomic mass is 32.2. The largest absolute Gasteiger partial charge is 0.466 e. The van der Waals surface area contributed by atoms with Gasteiger partial charge < -0.3 is 14.4 Å². The van der Waals surface area contributed by atoms with Gasteiger partial charge in [-0.2, -0.15) is 0 Å². The lowest BCUT2D eigenvalue weighted by molar-refractivity contribution is -0.150. The first-order valence-electron chi connectivity index (χ1n) is 24.2. The zero-order valence-corrected chi connectivity index (χ0v) is 39.0. The molecule has 0 aliphatic rings. The third kappa shape index (κ3) is 38.4. The van der Waals surface area contributed by atoms with Crippen LogP contribution in [-0.2, 0) is 28.8 Å². The Morgan fingerprint density at radius 2 is 0.875 bits per heavy atom. The SMILES string of the molecule is C=S(C)(=O)N(C)CCCN(CCCCCCCC(=O)OCCCCCCCCC)CCCCCCCC(=O)OC(CCCCCCCC)CCCCCCCC. The molecule has 0 aromatic carbocycles. The lowest BCUT2D eigenvalue weighted by atomic mass is 10.0. The van der Waals surface area contributed by atoms with Crippen molar-refractivity contribution in [1.29, 1.82) is 0 Å². The normalized spacial score (nSPS) is 12.9. The highest BCUT2D eigenvalue weighted by Gasteiger charge is 2.15.